The van der Waals surface area contributed by atoms with Gasteiger partial charge in [0.05, 0.1) is 18.2 Å². The second-order valence-electron chi connectivity index (χ2n) is 13.2. The predicted octanol–water partition coefficient (Wildman–Crippen LogP) is 6.10. The number of hydrogen-bond acceptors (Lipinski definition) is 5. The van der Waals surface area contributed by atoms with E-state index in [0.29, 0.717) is 43.8 Å². The Morgan fingerprint density at radius 2 is 1.80 bits per heavy atom. The van der Waals surface area contributed by atoms with Crippen molar-refractivity contribution in [3.8, 4) is 0 Å². The minimum absolute atomic E-state index is 0.0617. The number of fused-ring (bicyclic) bond motifs is 1. The predicted molar refractivity (Wildman–Crippen MR) is 176 cm³/mol. The summed E-state index contributed by atoms with van der Waals surface area (Å²) in [5.74, 6) is 0.349. The second-order valence-corrected chi connectivity index (χ2v) is 13.7. The number of ketones is 1. The van der Waals surface area contributed by atoms with Gasteiger partial charge in [-0.1, -0.05) is 81.1 Å². The molecule has 8 heteroatoms. The molecule has 3 aliphatic rings. The lowest BCUT2D eigenvalue weighted by molar-refractivity contribution is -0.135. The molecule has 1 aliphatic heterocycles. The Hall–Kier alpha value is -2.48. The molecule has 0 radical (unpaired) electrons. The zero-order valence-electron chi connectivity index (χ0n) is 26.8. The fraction of sp³-hybridized carbons (Fsp3) is 0.639. The maximum atomic E-state index is 14.0. The third-order valence-corrected chi connectivity index (χ3v) is 10.1. The zero-order valence-corrected chi connectivity index (χ0v) is 27.5. The van der Waals surface area contributed by atoms with Crippen molar-refractivity contribution in [2.45, 2.75) is 116 Å². The Labute approximate surface area is 269 Å². The van der Waals surface area contributed by atoms with Crippen molar-refractivity contribution >= 4 is 29.2 Å². The summed E-state index contributed by atoms with van der Waals surface area (Å²) in [5, 5.41) is 10.4. The lowest BCUT2D eigenvalue weighted by Crippen LogP contribution is -2.52. The van der Waals surface area contributed by atoms with Crippen LogP contribution in [0.1, 0.15) is 90.5 Å². The first-order chi connectivity index (χ1) is 21.2. The summed E-state index contributed by atoms with van der Waals surface area (Å²) < 4.78 is 6.47. The molecule has 6 atom stereocenters. The summed E-state index contributed by atoms with van der Waals surface area (Å²) in [6, 6.07) is 6.51. The van der Waals surface area contributed by atoms with Crippen molar-refractivity contribution < 1.29 is 19.1 Å². The summed E-state index contributed by atoms with van der Waals surface area (Å²) in [5.41, 5.74) is 0.348. The van der Waals surface area contributed by atoms with Crippen molar-refractivity contribution in [1.82, 2.24) is 16.0 Å². The molecule has 44 heavy (non-hydrogen) atoms. The molecular weight excluding hydrogens is 574 g/mol. The van der Waals surface area contributed by atoms with E-state index in [0.717, 1.165) is 50.5 Å². The molecule has 2 amide bonds. The Morgan fingerprint density at radius 3 is 2.55 bits per heavy atom. The fourth-order valence-electron chi connectivity index (χ4n) is 7.01. The molecule has 7 nitrogen and oxygen atoms in total. The summed E-state index contributed by atoms with van der Waals surface area (Å²) in [6.07, 6.45) is 16.4. The average Bonchev–Trinajstić information content (AvgIpc) is 3.49. The van der Waals surface area contributed by atoms with Crippen LogP contribution in [0, 0.1) is 17.3 Å². The Kier molecular flexibility index (Phi) is 13.1. The van der Waals surface area contributed by atoms with Gasteiger partial charge in [-0.3, -0.25) is 14.4 Å². The van der Waals surface area contributed by atoms with Gasteiger partial charge >= 0.3 is 0 Å². The Balaban J connectivity index is 1.55. The van der Waals surface area contributed by atoms with Crippen LogP contribution in [0.25, 0.3) is 0 Å². The number of nitrogens with one attached hydrogen (secondary N) is 3. The SMILES string of the molecule is CCC(C)[C@@H]1NC[C@H](C)OC2C=CC=C[C@@H]2CCCNC(=O)[C@@H](Cc2cccc(Cl)c2)NC(=O)C2(CCCC2)CCCC1=O. The van der Waals surface area contributed by atoms with Crippen LogP contribution in [-0.2, 0) is 25.5 Å². The summed E-state index contributed by atoms with van der Waals surface area (Å²) in [6.45, 7) is 7.42. The van der Waals surface area contributed by atoms with Crippen molar-refractivity contribution in [2.75, 3.05) is 13.1 Å². The van der Waals surface area contributed by atoms with E-state index in [1.165, 1.54) is 0 Å². The highest BCUT2D eigenvalue weighted by Gasteiger charge is 2.42. The minimum Gasteiger partial charge on any atom is -0.369 e. The van der Waals surface area contributed by atoms with Crippen LogP contribution in [0.3, 0.4) is 0 Å². The van der Waals surface area contributed by atoms with Crippen molar-refractivity contribution in [3.63, 3.8) is 0 Å². The topological polar surface area (TPSA) is 96.5 Å². The maximum absolute atomic E-state index is 14.0. The lowest BCUT2D eigenvalue weighted by atomic mass is 9.79. The van der Waals surface area contributed by atoms with Crippen LogP contribution >= 0.6 is 11.6 Å². The first kappa shape index (κ1) is 34.4. The molecule has 1 heterocycles. The van der Waals surface area contributed by atoms with Gasteiger partial charge in [-0.25, -0.2) is 0 Å². The van der Waals surface area contributed by atoms with Gasteiger partial charge in [-0.15, -0.1) is 0 Å². The number of ether oxygens (including phenoxy) is 1. The van der Waals surface area contributed by atoms with Crippen molar-refractivity contribution in [2.24, 2.45) is 17.3 Å². The molecule has 1 spiro atoms. The number of rotatable bonds is 4. The molecular formula is C36H52ClN3O4. The molecule has 2 aliphatic carbocycles. The summed E-state index contributed by atoms with van der Waals surface area (Å²) in [4.78, 5) is 41.1. The number of halogens is 1. The molecule has 1 saturated heterocycles. The van der Waals surface area contributed by atoms with Crippen LogP contribution in [0.2, 0.25) is 5.02 Å². The van der Waals surface area contributed by atoms with Crippen LogP contribution in [0.4, 0.5) is 0 Å². The van der Waals surface area contributed by atoms with Gasteiger partial charge < -0.3 is 20.7 Å². The van der Waals surface area contributed by atoms with E-state index in [1.807, 2.05) is 24.3 Å². The maximum Gasteiger partial charge on any atom is 0.242 e. The fourth-order valence-corrected chi connectivity index (χ4v) is 7.22. The molecule has 0 bridgehead atoms. The quantitative estimate of drug-likeness (QED) is 0.376. The van der Waals surface area contributed by atoms with Gasteiger partial charge in [-0.2, -0.15) is 0 Å². The molecule has 1 aromatic rings. The molecule has 3 N–H and O–H groups in total. The number of carbonyl (C=O) groups is 3. The number of carbonyl (C=O) groups excluding carboxylic acids is 3. The molecule has 0 aromatic heterocycles. The van der Waals surface area contributed by atoms with E-state index >= 15 is 0 Å². The Morgan fingerprint density at radius 1 is 1.05 bits per heavy atom. The molecule has 2 unspecified atom stereocenters. The summed E-state index contributed by atoms with van der Waals surface area (Å²) in [7, 11) is 0. The van der Waals surface area contributed by atoms with Crippen LogP contribution in [0.5, 0.6) is 0 Å². The van der Waals surface area contributed by atoms with E-state index in [9.17, 15) is 14.4 Å². The number of amides is 2. The van der Waals surface area contributed by atoms with Gasteiger partial charge in [0, 0.05) is 42.3 Å². The van der Waals surface area contributed by atoms with Crippen LogP contribution in [-0.4, -0.2) is 55.0 Å². The van der Waals surface area contributed by atoms with E-state index in [1.54, 1.807) is 6.07 Å². The van der Waals surface area contributed by atoms with E-state index in [4.69, 9.17) is 16.3 Å². The second kappa shape index (κ2) is 16.7. The number of benzene rings is 1. The largest absolute Gasteiger partial charge is 0.369 e. The highest BCUT2D eigenvalue weighted by atomic mass is 35.5. The monoisotopic (exact) mass is 625 g/mol. The minimum atomic E-state index is -0.709. The third kappa shape index (κ3) is 9.51. The lowest BCUT2D eigenvalue weighted by Gasteiger charge is -2.32. The smallest absolute Gasteiger partial charge is 0.242 e. The van der Waals surface area contributed by atoms with E-state index in [-0.39, 0.29) is 47.7 Å². The molecule has 242 valence electrons. The highest BCUT2D eigenvalue weighted by molar-refractivity contribution is 6.30. The van der Waals surface area contributed by atoms with Crippen molar-refractivity contribution in [1.29, 1.82) is 0 Å². The standard InChI is InChI=1S/C36H52ClN3O4/c1-4-25(2)33-31(41)16-10-20-36(18-7-8-19-36)35(43)40-30(23-27-12-9-15-29(37)22-27)34(42)38-21-11-14-28-13-5-6-17-32(28)44-26(3)24-39-33/h5-6,9,12-13,15,17,22,25-26,28,30,32-33,39H,4,7-8,10-11,14,16,18-21,23-24H2,1-3H3,(H,38,42)(H,40,43)/t25?,26-,28+,30+,32?,33-/m0/s1. The van der Waals surface area contributed by atoms with Gasteiger partial charge in [0.15, 0.2) is 0 Å². The first-order valence-corrected chi connectivity index (χ1v) is 17.2. The van der Waals surface area contributed by atoms with Crippen LogP contribution < -0.4 is 16.0 Å². The summed E-state index contributed by atoms with van der Waals surface area (Å²) >= 11 is 6.26. The number of allylic oxidation sites excluding steroid dienone is 2. The molecule has 1 saturated carbocycles. The third-order valence-electron chi connectivity index (χ3n) is 9.85. The van der Waals surface area contributed by atoms with Crippen molar-refractivity contribution in [3.05, 3.63) is 59.2 Å². The molecule has 4 rings (SSSR count). The molecule has 2 fully saturated rings. The Bertz CT molecular complexity index is 1180. The van der Waals surface area contributed by atoms with E-state index < -0.39 is 11.5 Å². The number of hydrogen-bond donors (Lipinski definition) is 3. The average molecular weight is 626 g/mol. The normalized spacial score (nSPS) is 29.9. The highest BCUT2D eigenvalue weighted by Crippen LogP contribution is 2.43. The molecule has 1 aromatic carbocycles. The van der Waals surface area contributed by atoms with Gasteiger partial charge in [0.1, 0.15) is 11.8 Å². The van der Waals surface area contributed by atoms with Crippen LogP contribution in [0.15, 0.2) is 48.6 Å². The number of Topliss-reactive ketones (excluding diaryl/α,β-unsaturated/α-hetero) is 1. The van der Waals surface area contributed by atoms with Gasteiger partial charge in [-0.05, 0) is 69.1 Å². The van der Waals surface area contributed by atoms with E-state index in [2.05, 4.69) is 54.9 Å². The van der Waals surface area contributed by atoms with Gasteiger partial charge in [0.2, 0.25) is 11.8 Å². The zero-order chi connectivity index (χ0) is 31.5. The first-order valence-electron chi connectivity index (χ1n) is 16.8. The van der Waals surface area contributed by atoms with Gasteiger partial charge in [0.25, 0.3) is 0 Å².